The fourth-order valence-electron chi connectivity index (χ4n) is 4.53. The fraction of sp³-hybridized carbons (Fsp3) is 0.500. The van der Waals surface area contributed by atoms with Crippen LogP contribution in [0.25, 0.3) is 0 Å². The van der Waals surface area contributed by atoms with Crippen molar-refractivity contribution in [1.82, 2.24) is 15.1 Å². The first kappa shape index (κ1) is 21.4. The average Bonchev–Trinajstić information content (AvgIpc) is 3.35. The van der Waals surface area contributed by atoms with Crippen molar-refractivity contribution in [2.45, 2.75) is 38.1 Å². The van der Waals surface area contributed by atoms with Crippen molar-refractivity contribution in [2.75, 3.05) is 38.0 Å². The van der Waals surface area contributed by atoms with E-state index < -0.39 is 0 Å². The van der Waals surface area contributed by atoms with Gasteiger partial charge in [-0.25, -0.2) is 4.79 Å². The predicted molar refractivity (Wildman–Crippen MR) is 120 cm³/mol. The van der Waals surface area contributed by atoms with Gasteiger partial charge in [0.2, 0.25) is 5.91 Å². The maximum absolute atomic E-state index is 12.8. The van der Waals surface area contributed by atoms with Crippen molar-refractivity contribution in [2.24, 2.45) is 5.92 Å². The molecule has 3 heterocycles. The van der Waals surface area contributed by atoms with Gasteiger partial charge >= 0.3 is 6.03 Å². The summed E-state index contributed by atoms with van der Waals surface area (Å²) in [5.74, 6) is 0.876. The third-order valence-corrected chi connectivity index (χ3v) is 6.34. The molecule has 7 nitrogen and oxygen atoms in total. The monoisotopic (exact) mass is 424 g/mol. The number of carbonyl (C=O) groups excluding carboxylic acids is 2. The van der Waals surface area contributed by atoms with Crippen molar-refractivity contribution in [3.05, 3.63) is 54.5 Å². The van der Waals surface area contributed by atoms with E-state index in [4.69, 9.17) is 4.42 Å². The lowest BCUT2D eigenvalue weighted by molar-refractivity contribution is -0.121. The molecule has 3 amide bonds. The molecule has 0 aliphatic carbocycles. The molecule has 1 aromatic carbocycles. The molecule has 2 aromatic rings. The van der Waals surface area contributed by atoms with Crippen molar-refractivity contribution in [3.63, 3.8) is 0 Å². The summed E-state index contributed by atoms with van der Waals surface area (Å²) < 4.78 is 5.66. The van der Waals surface area contributed by atoms with Crippen LogP contribution in [0.5, 0.6) is 0 Å². The number of furan rings is 1. The molecule has 4 rings (SSSR count). The molecule has 1 unspecified atom stereocenters. The summed E-state index contributed by atoms with van der Waals surface area (Å²) in [5, 5.41) is 6.08. The lowest BCUT2D eigenvalue weighted by Gasteiger charge is -2.35. The molecule has 31 heavy (non-hydrogen) atoms. The van der Waals surface area contributed by atoms with E-state index in [-0.39, 0.29) is 23.9 Å². The van der Waals surface area contributed by atoms with E-state index in [0.29, 0.717) is 32.5 Å². The standard InChI is InChI=1S/C24H32N4O3/c29-23(26-20-8-3-1-4-9-20)19-11-15-28(16-12-19)24(30)25-18-21(22-10-7-17-31-22)27-13-5-2-6-14-27/h1,3-4,7-10,17,19,21H,2,5-6,11-16,18H2,(H,25,30)(H,26,29). The zero-order chi connectivity index (χ0) is 21.5. The Morgan fingerprint density at radius 3 is 2.39 bits per heavy atom. The van der Waals surface area contributed by atoms with E-state index in [0.717, 1.165) is 24.5 Å². The van der Waals surface area contributed by atoms with Crippen molar-refractivity contribution in [1.29, 1.82) is 0 Å². The first-order chi connectivity index (χ1) is 15.2. The van der Waals surface area contributed by atoms with Crippen LogP contribution in [0.4, 0.5) is 10.5 Å². The van der Waals surface area contributed by atoms with Gasteiger partial charge in [-0.05, 0) is 63.0 Å². The highest BCUT2D eigenvalue weighted by atomic mass is 16.3. The molecular formula is C24H32N4O3. The summed E-state index contributed by atoms with van der Waals surface area (Å²) >= 11 is 0. The molecule has 1 atom stereocenters. The number of anilines is 1. The van der Waals surface area contributed by atoms with E-state index in [2.05, 4.69) is 15.5 Å². The van der Waals surface area contributed by atoms with Crippen LogP contribution in [0.2, 0.25) is 0 Å². The summed E-state index contributed by atoms with van der Waals surface area (Å²) in [6, 6.07) is 13.4. The van der Waals surface area contributed by atoms with Crippen molar-refractivity contribution in [3.8, 4) is 0 Å². The van der Waals surface area contributed by atoms with E-state index >= 15 is 0 Å². The highest BCUT2D eigenvalue weighted by Gasteiger charge is 2.29. The van der Waals surface area contributed by atoms with Gasteiger partial charge in [-0.3, -0.25) is 9.69 Å². The number of urea groups is 1. The van der Waals surface area contributed by atoms with Crippen molar-refractivity contribution >= 4 is 17.6 Å². The van der Waals surface area contributed by atoms with Crippen LogP contribution < -0.4 is 10.6 Å². The van der Waals surface area contributed by atoms with Crippen LogP contribution in [0.3, 0.4) is 0 Å². The Hall–Kier alpha value is -2.80. The first-order valence-corrected chi connectivity index (χ1v) is 11.4. The molecule has 0 radical (unpaired) electrons. The Morgan fingerprint density at radius 1 is 0.968 bits per heavy atom. The van der Waals surface area contributed by atoms with Crippen LogP contribution in [0.1, 0.15) is 43.9 Å². The predicted octanol–water partition coefficient (Wildman–Crippen LogP) is 3.87. The second kappa shape index (κ2) is 10.5. The van der Waals surface area contributed by atoms with Gasteiger partial charge in [-0.15, -0.1) is 0 Å². The molecule has 0 spiro atoms. The van der Waals surface area contributed by atoms with Gasteiger partial charge in [0.25, 0.3) is 0 Å². The molecule has 2 aliphatic rings. The Balaban J connectivity index is 1.26. The maximum atomic E-state index is 12.8. The third-order valence-electron chi connectivity index (χ3n) is 6.34. The molecular weight excluding hydrogens is 392 g/mol. The normalized spacial score (nSPS) is 19.0. The molecule has 2 saturated heterocycles. The number of hydrogen-bond acceptors (Lipinski definition) is 4. The Morgan fingerprint density at radius 2 is 1.71 bits per heavy atom. The summed E-state index contributed by atoms with van der Waals surface area (Å²) in [4.78, 5) is 29.5. The fourth-order valence-corrected chi connectivity index (χ4v) is 4.53. The minimum Gasteiger partial charge on any atom is -0.468 e. The number of para-hydroxylation sites is 1. The number of nitrogens with one attached hydrogen (secondary N) is 2. The zero-order valence-electron chi connectivity index (χ0n) is 18.0. The molecule has 7 heteroatoms. The smallest absolute Gasteiger partial charge is 0.317 e. The zero-order valence-corrected chi connectivity index (χ0v) is 18.0. The highest BCUT2D eigenvalue weighted by Crippen LogP contribution is 2.25. The minimum absolute atomic E-state index is 0.0363. The number of carbonyl (C=O) groups is 2. The lowest BCUT2D eigenvalue weighted by atomic mass is 9.96. The van der Waals surface area contributed by atoms with Crippen LogP contribution in [0, 0.1) is 5.92 Å². The quantitative estimate of drug-likeness (QED) is 0.738. The second-order valence-corrected chi connectivity index (χ2v) is 8.43. The highest BCUT2D eigenvalue weighted by molar-refractivity contribution is 5.92. The third kappa shape index (κ3) is 5.67. The number of rotatable bonds is 6. The number of benzene rings is 1. The number of piperidine rings is 2. The number of nitrogens with zero attached hydrogens (tertiary/aromatic N) is 2. The van der Waals surface area contributed by atoms with Gasteiger partial charge in [0, 0.05) is 31.2 Å². The number of hydrogen-bond donors (Lipinski definition) is 2. The number of likely N-dealkylation sites (tertiary alicyclic amines) is 2. The summed E-state index contributed by atoms with van der Waals surface area (Å²) in [6.45, 7) is 3.77. The van der Waals surface area contributed by atoms with Crippen LogP contribution in [-0.2, 0) is 4.79 Å². The van der Waals surface area contributed by atoms with Gasteiger partial charge in [0.15, 0.2) is 0 Å². The molecule has 0 bridgehead atoms. The minimum atomic E-state index is -0.0616. The van der Waals surface area contributed by atoms with Crippen LogP contribution in [0.15, 0.2) is 53.1 Å². The van der Waals surface area contributed by atoms with Gasteiger partial charge in [-0.1, -0.05) is 24.6 Å². The largest absolute Gasteiger partial charge is 0.468 e. The van der Waals surface area contributed by atoms with Gasteiger partial charge in [0.05, 0.1) is 12.3 Å². The Kier molecular flexibility index (Phi) is 7.25. The molecule has 1 aromatic heterocycles. The molecule has 0 saturated carbocycles. The molecule has 166 valence electrons. The van der Waals surface area contributed by atoms with Crippen LogP contribution in [-0.4, -0.2) is 54.5 Å². The summed E-state index contributed by atoms with van der Waals surface area (Å²) in [7, 11) is 0. The van der Waals surface area contributed by atoms with E-state index in [1.54, 1.807) is 6.26 Å². The van der Waals surface area contributed by atoms with E-state index in [9.17, 15) is 9.59 Å². The first-order valence-electron chi connectivity index (χ1n) is 11.4. The topological polar surface area (TPSA) is 77.8 Å². The molecule has 2 fully saturated rings. The molecule has 2 N–H and O–H groups in total. The van der Waals surface area contributed by atoms with Gasteiger partial charge in [-0.2, -0.15) is 0 Å². The lowest BCUT2D eigenvalue weighted by Crippen LogP contribution is -2.48. The molecule has 2 aliphatic heterocycles. The summed E-state index contributed by atoms with van der Waals surface area (Å²) in [6.07, 6.45) is 6.69. The van der Waals surface area contributed by atoms with E-state index in [1.807, 2.05) is 47.4 Å². The Labute approximate surface area is 183 Å². The van der Waals surface area contributed by atoms with Crippen molar-refractivity contribution < 1.29 is 14.0 Å². The maximum Gasteiger partial charge on any atom is 0.317 e. The second-order valence-electron chi connectivity index (χ2n) is 8.43. The Bertz CT molecular complexity index is 826. The van der Waals surface area contributed by atoms with Gasteiger partial charge in [0.1, 0.15) is 5.76 Å². The van der Waals surface area contributed by atoms with E-state index in [1.165, 1.54) is 19.3 Å². The van der Waals surface area contributed by atoms with Gasteiger partial charge < -0.3 is 20.0 Å². The SMILES string of the molecule is O=C(Nc1ccccc1)C1CCN(C(=O)NCC(c2ccco2)N2CCCCC2)CC1. The number of amides is 3. The van der Waals surface area contributed by atoms with Crippen LogP contribution >= 0.6 is 0 Å². The average molecular weight is 425 g/mol. The summed E-state index contributed by atoms with van der Waals surface area (Å²) in [5.41, 5.74) is 0.814.